The maximum Gasteiger partial charge on any atom is 0.315 e. The summed E-state index contributed by atoms with van der Waals surface area (Å²) in [5, 5.41) is 8.06. The Morgan fingerprint density at radius 1 is 1.22 bits per heavy atom. The topological polar surface area (TPSA) is 44.4 Å². The van der Waals surface area contributed by atoms with Gasteiger partial charge in [-0.2, -0.15) is 0 Å². The van der Waals surface area contributed by atoms with Crippen LogP contribution in [0.25, 0.3) is 0 Å². The zero-order chi connectivity index (χ0) is 16.8. The second-order valence-electron chi connectivity index (χ2n) is 5.93. The number of aryl methyl sites for hydroxylation is 1. The number of thiophene rings is 1. The molecule has 0 saturated heterocycles. The summed E-state index contributed by atoms with van der Waals surface area (Å²) in [5.41, 5.74) is 2.33. The molecule has 0 aliphatic heterocycles. The van der Waals surface area contributed by atoms with Gasteiger partial charge in [-0.15, -0.1) is 11.3 Å². The Kier molecular flexibility index (Phi) is 6.19. The molecule has 2 N–H and O–H groups in total. The standard InChI is InChI=1S/C18H25N3OS/c1-13-8-5-6-9-15(13)14(2)20-18(22)19-12-16(21(3)4)17-10-7-11-23-17/h5-11,14,16H,12H2,1-4H3,(H2,19,20,22). The third-order valence-corrected chi connectivity index (χ3v) is 4.93. The SMILES string of the molecule is Cc1ccccc1C(C)NC(=O)NCC(c1cccs1)N(C)C. The maximum atomic E-state index is 12.2. The Bertz CT molecular complexity index is 625. The molecule has 0 bridgehead atoms. The van der Waals surface area contributed by atoms with Gasteiger partial charge in [-0.05, 0) is 50.5 Å². The van der Waals surface area contributed by atoms with Gasteiger partial charge in [0, 0.05) is 11.4 Å². The summed E-state index contributed by atoms with van der Waals surface area (Å²) >= 11 is 1.71. The summed E-state index contributed by atoms with van der Waals surface area (Å²) in [6.07, 6.45) is 0. The van der Waals surface area contributed by atoms with Gasteiger partial charge in [-0.1, -0.05) is 30.3 Å². The highest BCUT2D eigenvalue weighted by atomic mass is 32.1. The van der Waals surface area contributed by atoms with Crippen molar-refractivity contribution >= 4 is 17.4 Å². The van der Waals surface area contributed by atoms with Crippen molar-refractivity contribution < 1.29 is 4.79 Å². The predicted molar refractivity (Wildman–Crippen MR) is 96.9 cm³/mol. The van der Waals surface area contributed by atoms with E-state index >= 15 is 0 Å². The molecule has 23 heavy (non-hydrogen) atoms. The maximum absolute atomic E-state index is 12.2. The third-order valence-electron chi connectivity index (χ3n) is 3.95. The van der Waals surface area contributed by atoms with Crippen molar-refractivity contribution in [1.82, 2.24) is 15.5 Å². The van der Waals surface area contributed by atoms with Crippen LogP contribution in [0.15, 0.2) is 41.8 Å². The van der Waals surface area contributed by atoms with Gasteiger partial charge in [0.25, 0.3) is 0 Å². The first-order chi connectivity index (χ1) is 11.0. The highest BCUT2D eigenvalue weighted by molar-refractivity contribution is 7.10. The molecule has 2 aromatic rings. The van der Waals surface area contributed by atoms with E-state index in [0.29, 0.717) is 6.54 Å². The minimum absolute atomic E-state index is 0.0178. The van der Waals surface area contributed by atoms with Gasteiger partial charge in [0.1, 0.15) is 0 Å². The van der Waals surface area contributed by atoms with E-state index in [0.717, 1.165) is 5.56 Å². The largest absolute Gasteiger partial charge is 0.336 e. The first kappa shape index (κ1) is 17.5. The molecule has 0 aliphatic rings. The Morgan fingerprint density at radius 3 is 2.57 bits per heavy atom. The molecule has 2 rings (SSSR count). The average Bonchev–Trinajstić information content (AvgIpc) is 3.01. The number of benzene rings is 1. The fraction of sp³-hybridized carbons (Fsp3) is 0.389. The minimum Gasteiger partial charge on any atom is -0.336 e. The molecular formula is C18H25N3OS. The van der Waals surface area contributed by atoms with Gasteiger partial charge in [-0.3, -0.25) is 0 Å². The number of amides is 2. The van der Waals surface area contributed by atoms with E-state index < -0.39 is 0 Å². The van der Waals surface area contributed by atoms with Crippen LogP contribution >= 0.6 is 11.3 Å². The molecule has 2 unspecified atom stereocenters. The number of nitrogens with one attached hydrogen (secondary N) is 2. The zero-order valence-corrected chi connectivity index (χ0v) is 15.0. The molecule has 0 saturated carbocycles. The first-order valence-corrected chi connectivity index (χ1v) is 8.66. The normalized spacial score (nSPS) is 13.6. The number of rotatable bonds is 6. The lowest BCUT2D eigenvalue weighted by molar-refractivity contribution is 0.230. The number of hydrogen-bond donors (Lipinski definition) is 2. The molecule has 1 aromatic carbocycles. The van der Waals surface area contributed by atoms with Crippen molar-refractivity contribution in [3.8, 4) is 0 Å². The van der Waals surface area contributed by atoms with E-state index in [1.807, 2.05) is 39.2 Å². The third kappa shape index (κ3) is 4.81. The molecule has 5 heteroatoms. The Labute approximate surface area is 142 Å². The monoisotopic (exact) mass is 331 g/mol. The molecule has 2 atom stereocenters. The lowest BCUT2D eigenvalue weighted by Gasteiger charge is -2.24. The van der Waals surface area contributed by atoms with Gasteiger partial charge in [0.2, 0.25) is 0 Å². The van der Waals surface area contributed by atoms with Crippen LogP contribution in [0.4, 0.5) is 4.79 Å². The summed E-state index contributed by atoms with van der Waals surface area (Å²) in [7, 11) is 4.06. The number of carbonyl (C=O) groups excluding carboxylic acids is 1. The zero-order valence-electron chi connectivity index (χ0n) is 14.2. The molecule has 0 fully saturated rings. The average molecular weight is 331 g/mol. The van der Waals surface area contributed by atoms with Crippen LogP contribution in [0.1, 0.15) is 35.0 Å². The van der Waals surface area contributed by atoms with Crippen molar-refractivity contribution in [3.63, 3.8) is 0 Å². The summed E-state index contributed by atoms with van der Waals surface area (Å²) in [6.45, 7) is 4.65. The summed E-state index contributed by atoms with van der Waals surface area (Å²) in [5.74, 6) is 0. The molecule has 0 radical (unpaired) electrons. The number of urea groups is 1. The van der Waals surface area contributed by atoms with E-state index in [4.69, 9.17) is 0 Å². The van der Waals surface area contributed by atoms with Gasteiger partial charge in [0.15, 0.2) is 0 Å². The number of likely N-dealkylation sites (N-methyl/N-ethyl adjacent to an activating group) is 1. The van der Waals surface area contributed by atoms with Crippen LogP contribution in [-0.2, 0) is 0 Å². The summed E-state index contributed by atoms with van der Waals surface area (Å²) in [4.78, 5) is 15.6. The number of carbonyl (C=O) groups is 1. The molecule has 4 nitrogen and oxygen atoms in total. The molecule has 2 amide bonds. The Hall–Kier alpha value is -1.85. The van der Waals surface area contributed by atoms with Gasteiger partial charge in [0.05, 0.1) is 12.1 Å². The van der Waals surface area contributed by atoms with Crippen LogP contribution in [0.3, 0.4) is 0 Å². The van der Waals surface area contributed by atoms with Crippen LogP contribution in [0, 0.1) is 6.92 Å². The number of hydrogen-bond acceptors (Lipinski definition) is 3. The van der Waals surface area contributed by atoms with Crippen molar-refractivity contribution in [1.29, 1.82) is 0 Å². The van der Waals surface area contributed by atoms with E-state index in [2.05, 4.69) is 46.0 Å². The van der Waals surface area contributed by atoms with Crippen LogP contribution in [0.2, 0.25) is 0 Å². The molecule has 124 valence electrons. The second kappa shape index (κ2) is 8.13. The molecule has 1 aromatic heterocycles. The van der Waals surface area contributed by atoms with Crippen molar-refractivity contribution in [2.24, 2.45) is 0 Å². The van der Waals surface area contributed by atoms with Crippen molar-refractivity contribution in [3.05, 3.63) is 57.8 Å². The summed E-state index contributed by atoms with van der Waals surface area (Å²) in [6, 6.07) is 12.3. The molecule has 0 spiro atoms. The Balaban J connectivity index is 1.90. The first-order valence-electron chi connectivity index (χ1n) is 7.78. The fourth-order valence-corrected chi connectivity index (χ4v) is 3.53. The molecular weight excluding hydrogens is 306 g/mol. The van der Waals surface area contributed by atoms with Crippen LogP contribution in [0.5, 0.6) is 0 Å². The van der Waals surface area contributed by atoms with E-state index in [1.54, 1.807) is 11.3 Å². The Morgan fingerprint density at radius 2 is 1.96 bits per heavy atom. The highest BCUT2D eigenvalue weighted by Gasteiger charge is 2.17. The smallest absolute Gasteiger partial charge is 0.315 e. The fourth-order valence-electron chi connectivity index (χ4n) is 2.61. The van der Waals surface area contributed by atoms with Gasteiger partial charge >= 0.3 is 6.03 Å². The quantitative estimate of drug-likeness (QED) is 0.847. The van der Waals surface area contributed by atoms with Crippen LogP contribution in [-0.4, -0.2) is 31.6 Å². The molecule has 1 heterocycles. The second-order valence-corrected chi connectivity index (χ2v) is 6.91. The van der Waals surface area contributed by atoms with E-state index in [9.17, 15) is 4.79 Å². The summed E-state index contributed by atoms with van der Waals surface area (Å²) < 4.78 is 0. The van der Waals surface area contributed by atoms with Gasteiger partial charge < -0.3 is 15.5 Å². The van der Waals surface area contributed by atoms with E-state index in [1.165, 1.54) is 10.4 Å². The lowest BCUT2D eigenvalue weighted by Crippen LogP contribution is -2.41. The lowest BCUT2D eigenvalue weighted by atomic mass is 10.0. The highest BCUT2D eigenvalue weighted by Crippen LogP contribution is 2.22. The minimum atomic E-state index is -0.135. The number of nitrogens with zero attached hydrogens (tertiary/aromatic N) is 1. The van der Waals surface area contributed by atoms with Gasteiger partial charge in [-0.25, -0.2) is 4.79 Å². The van der Waals surface area contributed by atoms with E-state index in [-0.39, 0.29) is 18.1 Å². The van der Waals surface area contributed by atoms with Crippen molar-refractivity contribution in [2.45, 2.75) is 25.9 Å². The van der Waals surface area contributed by atoms with Crippen molar-refractivity contribution in [2.75, 3.05) is 20.6 Å². The predicted octanol–water partition coefficient (Wildman–Crippen LogP) is 3.72. The van der Waals surface area contributed by atoms with Crippen LogP contribution < -0.4 is 10.6 Å². The molecule has 0 aliphatic carbocycles.